The molecule has 0 saturated heterocycles. The minimum Gasteiger partial charge on any atom is -0.480 e. The average molecular weight is 563 g/mol. The molecule has 2 heterocycles. The van der Waals surface area contributed by atoms with Crippen molar-refractivity contribution < 1.29 is 23.9 Å². The number of aldehydes is 2. The molecule has 39 heavy (non-hydrogen) atoms. The molecule has 11 heteroatoms. The molecule has 0 saturated carbocycles. The number of rotatable bonds is 8. The fourth-order valence-electron chi connectivity index (χ4n) is 3.77. The van der Waals surface area contributed by atoms with Gasteiger partial charge in [-0.3, -0.25) is 24.2 Å². The number of nitrogens with one attached hydrogen (secondary N) is 2. The van der Waals surface area contributed by atoms with Crippen LogP contribution in [-0.2, 0) is 0 Å². The zero-order chi connectivity index (χ0) is 28.1. The first-order chi connectivity index (χ1) is 18.8. The quantitative estimate of drug-likeness (QED) is 0.256. The minimum absolute atomic E-state index is 0.00835. The summed E-state index contributed by atoms with van der Waals surface area (Å²) in [6.07, 6.45) is 2.48. The third-order valence-corrected chi connectivity index (χ3v) is 6.47. The molecule has 4 rings (SSSR count). The topological polar surface area (TPSA) is 127 Å². The summed E-state index contributed by atoms with van der Waals surface area (Å²) in [6.45, 7) is 1.80. The van der Waals surface area contributed by atoms with Gasteiger partial charge in [-0.05, 0) is 48.4 Å². The maximum atomic E-state index is 13.0. The van der Waals surface area contributed by atoms with Gasteiger partial charge >= 0.3 is 0 Å². The van der Waals surface area contributed by atoms with Gasteiger partial charge in [-0.15, -0.1) is 0 Å². The minimum atomic E-state index is -0.601. The van der Waals surface area contributed by atoms with Crippen LogP contribution in [0.15, 0.2) is 60.8 Å². The number of pyridine rings is 2. The SMILES string of the molecule is COc1nc(C(=O)Nc2cccc(-c3cccc(NC(=O)c4ccc(C=O)cn4)c3Cl)c2C)c(Cl)cc1C=O. The van der Waals surface area contributed by atoms with E-state index in [4.69, 9.17) is 27.9 Å². The van der Waals surface area contributed by atoms with E-state index in [9.17, 15) is 19.2 Å². The number of anilines is 2. The molecule has 0 aliphatic heterocycles. The largest absolute Gasteiger partial charge is 0.480 e. The average Bonchev–Trinajstić information content (AvgIpc) is 2.95. The van der Waals surface area contributed by atoms with Gasteiger partial charge in [-0.25, -0.2) is 4.98 Å². The molecular formula is C28H20Cl2N4O5. The van der Waals surface area contributed by atoms with Crippen LogP contribution in [0.5, 0.6) is 5.88 Å². The lowest BCUT2D eigenvalue weighted by Crippen LogP contribution is -2.16. The number of benzene rings is 2. The zero-order valence-electron chi connectivity index (χ0n) is 20.6. The first-order valence-electron chi connectivity index (χ1n) is 11.4. The molecule has 0 fully saturated rings. The zero-order valence-corrected chi connectivity index (χ0v) is 22.1. The lowest BCUT2D eigenvalue weighted by molar-refractivity contribution is 0.101. The van der Waals surface area contributed by atoms with Crippen LogP contribution >= 0.6 is 23.2 Å². The molecule has 2 amide bonds. The van der Waals surface area contributed by atoms with Crippen LogP contribution in [0.1, 0.15) is 47.3 Å². The second-order valence-corrected chi connectivity index (χ2v) is 8.97. The molecular weight excluding hydrogens is 543 g/mol. The van der Waals surface area contributed by atoms with Crippen molar-refractivity contribution in [1.82, 2.24) is 9.97 Å². The molecule has 0 spiro atoms. The van der Waals surface area contributed by atoms with E-state index in [1.54, 1.807) is 37.3 Å². The molecule has 0 radical (unpaired) electrons. The first-order valence-corrected chi connectivity index (χ1v) is 12.1. The van der Waals surface area contributed by atoms with Crippen molar-refractivity contribution in [2.45, 2.75) is 6.92 Å². The number of hydrogen-bond acceptors (Lipinski definition) is 7. The van der Waals surface area contributed by atoms with Crippen LogP contribution in [0.25, 0.3) is 11.1 Å². The number of ether oxygens (including phenoxy) is 1. The van der Waals surface area contributed by atoms with Gasteiger partial charge in [-0.1, -0.05) is 47.5 Å². The van der Waals surface area contributed by atoms with Gasteiger partial charge in [0.05, 0.1) is 28.4 Å². The Morgan fingerprint density at radius 2 is 1.59 bits per heavy atom. The summed E-state index contributed by atoms with van der Waals surface area (Å²) >= 11 is 12.9. The Kier molecular flexibility index (Phi) is 8.33. The molecule has 0 aliphatic carbocycles. The lowest BCUT2D eigenvalue weighted by Gasteiger charge is -2.16. The number of nitrogens with zero attached hydrogens (tertiary/aromatic N) is 2. The Morgan fingerprint density at radius 1 is 0.897 bits per heavy atom. The van der Waals surface area contributed by atoms with Crippen LogP contribution < -0.4 is 15.4 Å². The predicted molar refractivity (Wildman–Crippen MR) is 148 cm³/mol. The molecule has 2 N–H and O–H groups in total. The van der Waals surface area contributed by atoms with E-state index in [0.717, 1.165) is 0 Å². The van der Waals surface area contributed by atoms with E-state index in [2.05, 4.69) is 20.6 Å². The molecule has 0 atom stereocenters. The summed E-state index contributed by atoms with van der Waals surface area (Å²) in [6, 6.07) is 14.7. The Balaban J connectivity index is 1.62. The van der Waals surface area contributed by atoms with E-state index < -0.39 is 11.8 Å². The van der Waals surface area contributed by atoms with Crippen molar-refractivity contribution in [3.8, 4) is 17.0 Å². The Bertz CT molecular complexity index is 1610. The summed E-state index contributed by atoms with van der Waals surface area (Å²) in [4.78, 5) is 55.8. The second-order valence-electron chi connectivity index (χ2n) is 8.18. The number of hydrogen-bond donors (Lipinski definition) is 2. The standard InChI is InChI=1S/C28H20Cl2N4O5/c1-15-18(5-3-7-21(15)32-27(38)25-20(29)11-17(14-36)28(34-25)39-2)19-6-4-8-22(24(19)30)33-26(37)23-10-9-16(13-35)12-31-23/h3-14H,1-2H3,(H,32,38)(H,33,37). The highest BCUT2D eigenvalue weighted by Gasteiger charge is 2.20. The van der Waals surface area contributed by atoms with E-state index in [-0.39, 0.29) is 32.9 Å². The van der Waals surface area contributed by atoms with Gasteiger partial charge in [0.15, 0.2) is 18.3 Å². The van der Waals surface area contributed by atoms with E-state index >= 15 is 0 Å². The maximum Gasteiger partial charge on any atom is 0.275 e. The summed E-state index contributed by atoms with van der Waals surface area (Å²) in [5.74, 6) is -1.12. The number of amides is 2. The second kappa shape index (κ2) is 11.8. The third kappa shape index (κ3) is 5.79. The molecule has 2 aromatic heterocycles. The summed E-state index contributed by atoms with van der Waals surface area (Å²) < 4.78 is 5.08. The number of carbonyl (C=O) groups excluding carboxylic acids is 4. The smallest absolute Gasteiger partial charge is 0.275 e. The molecule has 0 aliphatic rings. The summed E-state index contributed by atoms with van der Waals surface area (Å²) in [5.41, 5.74) is 3.31. The molecule has 0 bridgehead atoms. The fraction of sp³-hybridized carbons (Fsp3) is 0.0714. The lowest BCUT2D eigenvalue weighted by atomic mass is 9.98. The Morgan fingerprint density at radius 3 is 2.23 bits per heavy atom. The normalized spacial score (nSPS) is 10.5. The molecule has 9 nitrogen and oxygen atoms in total. The van der Waals surface area contributed by atoms with Crippen LogP contribution in [0.4, 0.5) is 11.4 Å². The van der Waals surface area contributed by atoms with Gasteiger partial charge in [0.1, 0.15) is 5.69 Å². The van der Waals surface area contributed by atoms with Crippen molar-refractivity contribution in [1.29, 1.82) is 0 Å². The molecule has 196 valence electrons. The maximum absolute atomic E-state index is 13.0. The third-order valence-electron chi connectivity index (χ3n) is 5.78. The summed E-state index contributed by atoms with van der Waals surface area (Å²) in [7, 11) is 1.33. The van der Waals surface area contributed by atoms with Crippen molar-refractivity contribution in [2.24, 2.45) is 0 Å². The Labute approximate surface area is 233 Å². The van der Waals surface area contributed by atoms with Gasteiger partial charge in [0.25, 0.3) is 11.8 Å². The van der Waals surface area contributed by atoms with Crippen molar-refractivity contribution in [3.63, 3.8) is 0 Å². The monoisotopic (exact) mass is 562 g/mol. The van der Waals surface area contributed by atoms with Gasteiger partial charge in [0, 0.05) is 23.0 Å². The van der Waals surface area contributed by atoms with Gasteiger partial charge in [-0.2, -0.15) is 0 Å². The molecule has 4 aromatic rings. The van der Waals surface area contributed by atoms with Crippen LogP contribution in [0, 0.1) is 6.92 Å². The van der Waals surface area contributed by atoms with E-state index in [0.29, 0.717) is 46.2 Å². The Hall–Kier alpha value is -4.60. The van der Waals surface area contributed by atoms with E-state index in [1.807, 2.05) is 6.07 Å². The van der Waals surface area contributed by atoms with Gasteiger partial charge in [0.2, 0.25) is 5.88 Å². The fourth-order valence-corrected chi connectivity index (χ4v) is 4.29. The van der Waals surface area contributed by atoms with Crippen molar-refractivity contribution in [3.05, 3.63) is 98.9 Å². The van der Waals surface area contributed by atoms with Crippen LogP contribution in [-0.4, -0.2) is 41.5 Å². The molecule has 2 aromatic carbocycles. The van der Waals surface area contributed by atoms with Crippen LogP contribution in [0.3, 0.4) is 0 Å². The number of methoxy groups -OCH3 is 1. The highest BCUT2D eigenvalue weighted by Crippen LogP contribution is 2.37. The summed E-state index contributed by atoms with van der Waals surface area (Å²) in [5, 5.41) is 5.80. The number of aromatic nitrogens is 2. The number of carbonyl (C=O) groups is 4. The predicted octanol–water partition coefficient (Wildman–Crippen LogP) is 5.90. The van der Waals surface area contributed by atoms with E-state index in [1.165, 1.54) is 31.5 Å². The first kappa shape index (κ1) is 27.4. The van der Waals surface area contributed by atoms with Crippen LogP contribution in [0.2, 0.25) is 10.0 Å². The van der Waals surface area contributed by atoms with Gasteiger partial charge < -0.3 is 15.4 Å². The highest BCUT2D eigenvalue weighted by atomic mass is 35.5. The van der Waals surface area contributed by atoms with Crippen molar-refractivity contribution >= 4 is 59.0 Å². The van der Waals surface area contributed by atoms with Crippen molar-refractivity contribution in [2.75, 3.05) is 17.7 Å². The molecule has 0 unspecified atom stereocenters. The number of halogens is 2. The highest BCUT2D eigenvalue weighted by molar-refractivity contribution is 6.37.